The summed E-state index contributed by atoms with van der Waals surface area (Å²) in [5.41, 5.74) is 0.443. The summed E-state index contributed by atoms with van der Waals surface area (Å²) < 4.78 is 0. The van der Waals surface area contributed by atoms with E-state index in [4.69, 9.17) is 0 Å². The van der Waals surface area contributed by atoms with Gasteiger partial charge in [-0.05, 0) is 38.6 Å². The van der Waals surface area contributed by atoms with Crippen LogP contribution in [0.25, 0.3) is 0 Å². The maximum absolute atomic E-state index is 3.61. The van der Waals surface area contributed by atoms with Crippen molar-refractivity contribution < 1.29 is 0 Å². The number of piperidine rings is 1. The second-order valence-corrected chi connectivity index (χ2v) is 4.11. The molecule has 0 bridgehead atoms. The molecule has 0 spiro atoms. The molecule has 0 aliphatic carbocycles. The quantitative estimate of drug-likeness (QED) is 0.646. The minimum absolute atomic E-state index is 0.443. The van der Waals surface area contributed by atoms with E-state index < -0.39 is 0 Å². The van der Waals surface area contributed by atoms with Gasteiger partial charge in [0.05, 0.1) is 0 Å². The second-order valence-electron chi connectivity index (χ2n) is 4.11. The van der Waals surface area contributed by atoms with Gasteiger partial charge in [-0.1, -0.05) is 20.3 Å². The molecule has 1 fully saturated rings. The van der Waals surface area contributed by atoms with Crippen molar-refractivity contribution in [2.75, 3.05) is 6.54 Å². The lowest BCUT2D eigenvalue weighted by Crippen LogP contribution is -2.48. The van der Waals surface area contributed by atoms with Crippen LogP contribution in [0.15, 0.2) is 0 Å². The van der Waals surface area contributed by atoms with Crippen LogP contribution in [0.5, 0.6) is 0 Å². The molecule has 1 saturated heterocycles. The van der Waals surface area contributed by atoms with Crippen molar-refractivity contribution in [2.45, 2.75) is 52.0 Å². The summed E-state index contributed by atoms with van der Waals surface area (Å²) in [5, 5.41) is 3.61. The Balaban J connectivity index is 2.44. The third-order valence-corrected chi connectivity index (χ3v) is 3.20. The van der Waals surface area contributed by atoms with Gasteiger partial charge in [0.1, 0.15) is 0 Å². The van der Waals surface area contributed by atoms with Gasteiger partial charge in [0, 0.05) is 5.54 Å². The molecule has 1 heterocycles. The fourth-order valence-electron chi connectivity index (χ4n) is 2.01. The Morgan fingerprint density at radius 3 is 2.73 bits per heavy atom. The smallest absolute Gasteiger partial charge is 0.0153 e. The maximum atomic E-state index is 3.61. The normalized spacial score (nSPS) is 39.0. The molecule has 66 valence electrons. The van der Waals surface area contributed by atoms with Gasteiger partial charge in [0.25, 0.3) is 0 Å². The fraction of sp³-hybridized carbons (Fsp3) is 1.00. The van der Waals surface area contributed by atoms with Crippen LogP contribution in [0.3, 0.4) is 0 Å². The van der Waals surface area contributed by atoms with E-state index in [0.29, 0.717) is 5.54 Å². The van der Waals surface area contributed by atoms with Gasteiger partial charge in [-0.3, -0.25) is 0 Å². The highest BCUT2D eigenvalue weighted by Crippen LogP contribution is 2.28. The number of hydrogen-bond acceptors (Lipinski definition) is 1. The summed E-state index contributed by atoms with van der Waals surface area (Å²) in [6.07, 6.45) is 5.38. The van der Waals surface area contributed by atoms with Crippen LogP contribution in [-0.2, 0) is 0 Å². The van der Waals surface area contributed by atoms with E-state index in [1.54, 1.807) is 0 Å². The SMILES string of the molecule is CCC1CCNC(C)(CC)C1. The molecule has 0 aromatic rings. The Hall–Kier alpha value is -0.0400. The van der Waals surface area contributed by atoms with Crippen molar-refractivity contribution in [3.63, 3.8) is 0 Å². The second kappa shape index (κ2) is 3.57. The number of hydrogen-bond donors (Lipinski definition) is 1. The molecular formula is C10H21N. The molecule has 1 aliphatic rings. The molecule has 0 aromatic carbocycles. The van der Waals surface area contributed by atoms with Crippen LogP contribution in [0.2, 0.25) is 0 Å². The van der Waals surface area contributed by atoms with E-state index in [1.807, 2.05) is 0 Å². The molecular weight excluding hydrogens is 134 g/mol. The monoisotopic (exact) mass is 155 g/mol. The molecule has 1 aliphatic heterocycles. The van der Waals surface area contributed by atoms with E-state index in [2.05, 4.69) is 26.1 Å². The first kappa shape index (κ1) is 9.05. The molecule has 1 N–H and O–H groups in total. The lowest BCUT2D eigenvalue weighted by atomic mass is 9.80. The van der Waals surface area contributed by atoms with Gasteiger partial charge in [0.2, 0.25) is 0 Å². The molecule has 1 rings (SSSR count). The van der Waals surface area contributed by atoms with Crippen LogP contribution in [0.4, 0.5) is 0 Å². The van der Waals surface area contributed by atoms with Crippen LogP contribution >= 0.6 is 0 Å². The first-order chi connectivity index (χ1) is 5.20. The van der Waals surface area contributed by atoms with Crippen molar-refractivity contribution in [3.8, 4) is 0 Å². The van der Waals surface area contributed by atoms with Crippen molar-refractivity contribution in [1.29, 1.82) is 0 Å². The predicted molar refractivity (Wildman–Crippen MR) is 49.7 cm³/mol. The van der Waals surface area contributed by atoms with Gasteiger partial charge < -0.3 is 5.32 Å². The fourth-order valence-corrected chi connectivity index (χ4v) is 2.01. The Kier molecular flexibility index (Phi) is 2.94. The summed E-state index contributed by atoms with van der Waals surface area (Å²) in [7, 11) is 0. The highest BCUT2D eigenvalue weighted by atomic mass is 15.0. The minimum Gasteiger partial charge on any atom is -0.312 e. The summed E-state index contributed by atoms with van der Waals surface area (Å²) >= 11 is 0. The van der Waals surface area contributed by atoms with Crippen molar-refractivity contribution in [2.24, 2.45) is 5.92 Å². The number of nitrogens with one attached hydrogen (secondary N) is 1. The van der Waals surface area contributed by atoms with Crippen LogP contribution in [0.1, 0.15) is 46.5 Å². The summed E-state index contributed by atoms with van der Waals surface area (Å²) in [6, 6.07) is 0. The minimum atomic E-state index is 0.443. The third kappa shape index (κ3) is 2.19. The van der Waals surface area contributed by atoms with E-state index in [9.17, 15) is 0 Å². The Bertz CT molecular complexity index is 122. The van der Waals surface area contributed by atoms with Crippen LogP contribution in [-0.4, -0.2) is 12.1 Å². The van der Waals surface area contributed by atoms with Crippen molar-refractivity contribution in [1.82, 2.24) is 5.32 Å². The molecule has 0 saturated carbocycles. The average Bonchev–Trinajstić information content (AvgIpc) is 2.05. The summed E-state index contributed by atoms with van der Waals surface area (Å²) in [4.78, 5) is 0. The average molecular weight is 155 g/mol. The Morgan fingerprint density at radius 1 is 1.45 bits per heavy atom. The highest BCUT2D eigenvalue weighted by Gasteiger charge is 2.28. The van der Waals surface area contributed by atoms with Gasteiger partial charge in [-0.2, -0.15) is 0 Å². The molecule has 11 heavy (non-hydrogen) atoms. The Labute approximate surface area is 70.6 Å². The lowest BCUT2D eigenvalue weighted by Gasteiger charge is -2.38. The molecule has 0 aromatic heterocycles. The van der Waals surface area contributed by atoms with Gasteiger partial charge in [-0.25, -0.2) is 0 Å². The topological polar surface area (TPSA) is 12.0 Å². The molecule has 2 atom stereocenters. The lowest BCUT2D eigenvalue weighted by molar-refractivity contribution is 0.202. The summed E-state index contributed by atoms with van der Waals surface area (Å²) in [6.45, 7) is 8.18. The first-order valence-electron chi connectivity index (χ1n) is 4.95. The van der Waals surface area contributed by atoms with Crippen LogP contribution < -0.4 is 5.32 Å². The Morgan fingerprint density at radius 2 is 2.18 bits per heavy atom. The highest BCUT2D eigenvalue weighted by molar-refractivity contribution is 4.88. The zero-order valence-corrected chi connectivity index (χ0v) is 8.11. The first-order valence-corrected chi connectivity index (χ1v) is 4.95. The largest absolute Gasteiger partial charge is 0.312 e. The predicted octanol–water partition coefficient (Wildman–Crippen LogP) is 2.56. The van der Waals surface area contributed by atoms with Gasteiger partial charge in [0.15, 0.2) is 0 Å². The van der Waals surface area contributed by atoms with Crippen LogP contribution in [0, 0.1) is 5.92 Å². The van der Waals surface area contributed by atoms with E-state index >= 15 is 0 Å². The molecule has 1 heteroatoms. The summed E-state index contributed by atoms with van der Waals surface area (Å²) in [5.74, 6) is 0.973. The maximum Gasteiger partial charge on any atom is 0.0153 e. The number of rotatable bonds is 2. The third-order valence-electron chi connectivity index (χ3n) is 3.20. The standard InChI is InChI=1S/C10H21N/c1-4-9-6-7-11-10(3,5-2)8-9/h9,11H,4-8H2,1-3H3. The van der Waals surface area contributed by atoms with E-state index in [0.717, 1.165) is 5.92 Å². The van der Waals surface area contributed by atoms with Crippen molar-refractivity contribution >= 4 is 0 Å². The molecule has 1 nitrogen and oxygen atoms in total. The zero-order valence-electron chi connectivity index (χ0n) is 8.11. The van der Waals surface area contributed by atoms with Gasteiger partial charge in [-0.15, -0.1) is 0 Å². The van der Waals surface area contributed by atoms with E-state index in [-0.39, 0.29) is 0 Å². The van der Waals surface area contributed by atoms with E-state index in [1.165, 1.54) is 32.2 Å². The zero-order chi connectivity index (χ0) is 8.32. The molecule has 0 radical (unpaired) electrons. The molecule has 2 unspecified atom stereocenters. The molecule has 0 amide bonds. The van der Waals surface area contributed by atoms with Gasteiger partial charge >= 0.3 is 0 Å². The van der Waals surface area contributed by atoms with Crippen molar-refractivity contribution in [3.05, 3.63) is 0 Å².